The summed E-state index contributed by atoms with van der Waals surface area (Å²) in [6, 6.07) is 7.21. The average Bonchev–Trinajstić information content (AvgIpc) is 3.26. The van der Waals surface area contributed by atoms with Crippen LogP contribution in [0.4, 0.5) is 4.39 Å². The summed E-state index contributed by atoms with van der Waals surface area (Å²) in [6.07, 6.45) is 7.16. The largest absolute Gasteiger partial charge is 0.356 e. The summed E-state index contributed by atoms with van der Waals surface area (Å²) in [5.74, 6) is 0.587. The summed E-state index contributed by atoms with van der Waals surface area (Å²) < 4.78 is 13.5. The van der Waals surface area contributed by atoms with Crippen LogP contribution in [-0.4, -0.2) is 38.0 Å². The van der Waals surface area contributed by atoms with Crippen molar-refractivity contribution in [3.05, 3.63) is 35.6 Å². The van der Waals surface area contributed by atoms with Crippen molar-refractivity contribution in [3.8, 4) is 0 Å². The summed E-state index contributed by atoms with van der Waals surface area (Å²) in [5, 5.41) is 9.60. The summed E-state index contributed by atoms with van der Waals surface area (Å²) in [4.78, 5) is 16.2. The van der Waals surface area contributed by atoms with Crippen LogP contribution in [-0.2, 0) is 10.2 Å². The molecular weight excluding hydrogens is 458 g/mol. The number of hydrogen-bond donors (Lipinski definition) is 3. The third-order valence-electron chi connectivity index (χ3n) is 5.47. The van der Waals surface area contributed by atoms with E-state index in [4.69, 9.17) is 0 Å². The molecule has 2 fully saturated rings. The normalized spacial score (nSPS) is 18.5. The number of hydrogen-bond acceptors (Lipinski definition) is 2. The molecule has 0 heterocycles. The molecule has 0 spiro atoms. The van der Waals surface area contributed by atoms with Gasteiger partial charge in [0.1, 0.15) is 5.82 Å². The highest BCUT2D eigenvalue weighted by molar-refractivity contribution is 14.0. The molecule has 3 rings (SSSR count). The zero-order chi connectivity index (χ0) is 18.4. The molecular formula is C20H30FIN4O. The van der Waals surface area contributed by atoms with Crippen LogP contribution in [0.1, 0.15) is 50.5 Å². The van der Waals surface area contributed by atoms with Gasteiger partial charge >= 0.3 is 0 Å². The monoisotopic (exact) mass is 488 g/mol. The molecule has 0 saturated heterocycles. The Morgan fingerprint density at radius 2 is 2.00 bits per heavy atom. The first kappa shape index (κ1) is 21.9. The van der Waals surface area contributed by atoms with Gasteiger partial charge in [0.2, 0.25) is 5.91 Å². The molecule has 0 aromatic heterocycles. The van der Waals surface area contributed by atoms with Crippen molar-refractivity contribution < 1.29 is 9.18 Å². The van der Waals surface area contributed by atoms with Crippen LogP contribution in [0.2, 0.25) is 0 Å². The van der Waals surface area contributed by atoms with Gasteiger partial charge in [-0.15, -0.1) is 24.0 Å². The van der Waals surface area contributed by atoms with E-state index >= 15 is 0 Å². The fourth-order valence-electron chi connectivity index (χ4n) is 3.67. The van der Waals surface area contributed by atoms with Crippen LogP contribution in [0.3, 0.4) is 0 Å². The molecule has 1 amide bonds. The minimum absolute atomic E-state index is 0. The molecule has 27 heavy (non-hydrogen) atoms. The molecule has 1 aromatic carbocycles. The third kappa shape index (κ3) is 6.33. The zero-order valence-corrected chi connectivity index (χ0v) is 18.2. The second-order valence-electron chi connectivity index (χ2n) is 7.44. The van der Waals surface area contributed by atoms with Gasteiger partial charge in [0.15, 0.2) is 5.96 Å². The van der Waals surface area contributed by atoms with Crippen molar-refractivity contribution in [2.45, 2.75) is 56.4 Å². The average molecular weight is 488 g/mol. The Morgan fingerprint density at radius 3 is 2.63 bits per heavy atom. The van der Waals surface area contributed by atoms with Gasteiger partial charge in [0.05, 0.1) is 0 Å². The lowest BCUT2D eigenvalue weighted by Gasteiger charge is -2.19. The minimum atomic E-state index is -0.190. The predicted octanol–water partition coefficient (Wildman–Crippen LogP) is 3.09. The van der Waals surface area contributed by atoms with Crippen LogP contribution >= 0.6 is 24.0 Å². The number of amides is 1. The highest BCUT2D eigenvalue weighted by atomic mass is 127. The second-order valence-corrected chi connectivity index (χ2v) is 7.44. The minimum Gasteiger partial charge on any atom is -0.356 e. The van der Waals surface area contributed by atoms with Gasteiger partial charge < -0.3 is 16.0 Å². The van der Waals surface area contributed by atoms with E-state index < -0.39 is 0 Å². The van der Waals surface area contributed by atoms with E-state index in [1.54, 1.807) is 19.2 Å². The molecule has 7 heteroatoms. The summed E-state index contributed by atoms with van der Waals surface area (Å²) >= 11 is 0. The van der Waals surface area contributed by atoms with Crippen molar-refractivity contribution in [3.63, 3.8) is 0 Å². The number of nitrogens with one attached hydrogen (secondary N) is 3. The van der Waals surface area contributed by atoms with E-state index in [0.29, 0.717) is 31.5 Å². The Balaban J connectivity index is 0.00000261. The Kier molecular flexibility index (Phi) is 8.31. The highest BCUT2D eigenvalue weighted by Gasteiger charge is 2.44. The van der Waals surface area contributed by atoms with Crippen molar-refractivity contribution >= 4 is 35.8 Å². The first-order chi connectivity index (χ1) is 12.6. The molecule has 3 N–H and O–H groups in total. The molecule has 2 aliphatic rings. The fraction of sp³-hybridized carbons (Fsp3) is 0.600. The first-order valence-corrected chi connectivity index (χ1v) is 9.61. The third-order valence-corrected chi connectivity index (χ3v) is 5.47. The van der Waals surface area contributed by atoms with Gasteiger partial charge in [-0.2, -0.15) is 0 Å². The van der Waals surface area contributed by atoms with Crippen LogP contribution in [0.5, 0.6) is 0 Å². The van der Waals surface area contributed by atoms with Crippen LogP contribution in [0.25, 0.3) is 0 Å². The fourth-order valence-corrected chi connectivity index (χ4v) is 3.67. The van der Waals surface area contributed by atoms with Gasteiger partial charge in [-0.1, -0.05) is 25.0 Å². The zero-order valence-electron chi connectivity index (χ0n) is 15.9. The SMILES string of the molecule is CN=C(NCCC(=O)NC1CCCC1)NCC1(c2cccc(F)c2)CC1.I. The van der Waals surface area contributed by atoms with E-state index in [9.17, 15) is 9.18 Å². The highest BCUT2D eigenvalue weighted by Crippen LogP contribution is 2.47. The maximum absolute atomic E-state index is 13.5. The molecule has 0 unspecified atom stereocenters. The predicted molar refractivity (Wildman–Crippen MR) is 117 cm³/mol. The number of aliphatic imine (C=N–C) groups is 1. The number of nitrogens with zero attached hydrogens (tertiary/aromatic N) is 1. The molecule has 2 aliphatic carbocycles. The number of guanidine groups is 1. The van der Waals surface area contributed by atoms with E-state index in [2.05, 4.69) is 20.9 Å². The maximum atomic E-state index is 13.5. The van der Waals surface area contributed by atoms with Gasteiger partial charge in [-0.25, -0.2) is 4.39 Å². The molecule has 0 radical (unpaired) electrons. The topological polar surface area (TPSA) is 65.5 Å². The lowest BCUT2D eigenvalue weighted by molar-refractivity contribution is -0.121. The Morgan fingerprint density at radius 1 is 1.26 bits per heavy atom. The quantitative estimate of drug-likeness (QED) is 0.314. The molecule has 1 aromatic rings. The number of halogens is 2. The van der Waals surface area contributed by atoms with E-state index in [1.165, 1.54) is 18.9 Å². The second kappa shape index (κ2) is 10.2. The van der Waals surface area contributed by atoms with E-state index in [0.717, 1.165) is 31.2 Å². The lowest BCUT2D eigenvalue weighted by Crippen LogP contribution is -2.43. The number of benzene rings is 1. The summed E-state index contributed by atoms with van der Waals surface area (Å²) in [5.41, 5.74) is 1.04. The number of rotatable bonds is 7. The van der Waals surface area contributed by atoms with Gasteiger partial charge in [-0.3, -0.25) is 9.79 Å². The van der Waals surface area contributed by atoms with Crippen molar-refractivity contribution in [2.75, 3.05) is 20.1 Å². The lowest BCUT2D eigenvalue weighted by atomic mass is 9.96. The van der Waals surface area contributed by atoms with Crippen molar-refractivity contribution in [1.82, 2.24) is 16.0 Å². The van der Waals surface area contributed by atoms with Crippen molar-refractivity contribution in [2.24, 2.45) is 4.99 Å². The maximum Gasteiger partial charge on any atom is 0.221 e. The van der Waals surface area contributed by atoms with E-state index in [1.807, 2.05) is 6.07 Å². The van der Waals surface area contributed by atoms with Gasteiger partial charge in [-0.05, 0) is 43.4 Å². The smallest absolute Gasteiger partial charge is 0.221 e. The standard InChI is InChI=1S/C20H29FN4O.HI/c1-22-19(23-12-9-18(26)25-17-7-2-3-8-17)24-14-20(10-11-20)15-5-4-6-16(21)13-15;/h4-6,13,17H,2-3,7-12,14H2,1H3,(H,25,26)(H2,22,23,24);1H. The number of carbonyl (C=O) groups is 1. The first-order valence-electron chi connectivity index (χ1n) is 9.61. The van der Waals surface area contributed by atoms with Gasteiger partial charge in [0.25, 0.3) is 0 Å². The van der Waals surface area contributed by atoms with Crippen molar-refractivity contribution in [1.29, 1.82) is 0 Å². The van der Waals surface area contributed by atoms with Crippen LogP contribution < -0.4 is 16.0 Å². The Hall–Kier alpha value is -1.38. The Bertz CT molecular complexity index is 657. The summed E-state index contributed by atoms with van der Waals surface area (Å²) in [6.45, 7) is 1.26. The molecule has 0 bridgehead atoms. The molecule has 0 aliphatic heterocycles. The van der Waals surface area contributed by atoms with Crippen LogP contribution in [0, 0.1) is 5.82 Å². The number of carbonyl (C=O) groups excluding carboxylic acids is 1. The van der Waals surface area contributed by atoms with Crippen LogP contribution in [0.15, 0.2) is 29.3 Å². The van der Waals surface area contributed by atoms with E-state index in [-0.39, 0.29) is 41.1 Å². The Labute approximate surface area is 178 Å². The molecule has 2 saturated carbocycles. The molecule has 5 nitrogen and oxygen atoms in total. The summed E-state index contributed by atoms with van der Waals surface area (Å²) in [7, 11) is 1.72. The van der Waals surface area contributed by atoms with Gasteiger partial charge in [0, 0.05) is 38.0 Å². The molecule has 0 atom stereocenters. The molecule has 150 valence electrons.